The van der Waals surface area contributed by atoms with Crippen LogP contribution >= 0.6 is 0 Å². The maximum absolute atomic E-state index is 12.5. The van der Waals surface area contributed by atoms with Gasteiger partial charge in [0.15, 0.2) is 0 Å². The van der Waals surface area contributed by atoms with Crippen LogP contribution in [0.1, 0.15) is 33.3 Å². The third-order valence-corrected chi connectivity index (χ3v) is 6.35. The fourth-order valence-corrected chi connectivity index (χ4v) is 3.56. The lowest BCUT2D eigenvalue weighted by Gasteiger charge is -2.32. The molecule has 1 aromatic carbocycles. The molecule has 1 aromatic heterocycles. The normalized spacial score (nSPS) is 18.8. The molecule has 3 rings (SSSR count). The van der Waals surface area contributed by atoms with Crippen LogP contribution in [0.15, 0.2) is 53.7 Å². The van der Waals surface area contributed by atoms with Crippen molar-refractivity contribution in [2.45, 2.75) is 50.3 Å². The molecule has 8 heteroatoms. The van der Waals surface area contributed by atoms with E-state index in [-0.39, 0.29) is 11.4 Å². The molecule has 0 unspecified atom stereocenters. The second kappa shape index (κ2) is 6.77. The van der Waals surface area contributed by atoms with Gasteiger partial charge < -0.3 is 9.31 Å². The summed E-state index contributed by atoms with van der Waals surface area (Å²) < 4.78 is 39.5. The lowest BCUT2D eigenvalue weighted by atomic mass is 9.79. The zero-order valence-corrected chi connectivity index (χ0v) is 16.2. The maximum atomic E-state index is 12.5. The summed E-state index contributed by atoms with van der Waals surface area (Å²) >= 11 is 0. The highest BCUT2D eigenvalue weighted by molar-refractivity contribution is 7.89. The highest BCUT2D eigenvalue weighted by Crippen LogP contribution is 2.36. The number of rotatable bonds is 5. The average Bonchev–Trinajstić information content (AvgIpc) is 2.82. The standard InChI is InChI=1S/C18H23BN2O4S/c1-17(2)18(3,4)25-19(24-17)15-5-7-16(8-6-15)26(22,23)21-13-14-9-11-20-12-10-14/h5-12,21H,13H2,1-4H3. The van der Waals surface area contributed by atoms with Crippen molar-refractivity contribution in [2.75, 3.05) is 0 Å². The average molecular weight is 374 g/mol. The molecule has 0 bridgehead atoms. The van der Waals surface area contributed by atoms with Gasteiger partial charge in [0.2, 0.25) is 10.0 Å². The van der Waals surface area contributed by atoms with E-state index in [0.717, 1.165) is 11.0 Å². The van der Waals surface area contributed by atoms with Gasteiger partial charge in [0.25, 0.3) is 0 Å². The SMILES string of the molecule is CC1(C)OB(c2ccc(S(=O)(=O)NCc3ccncc3)cc2)OC1(C)C. The minimum absolute atomic E-state index is 0.201. The molecule has 0 spiro atoms. The van der Waals surface area contributed by atoms with Gasteiger partial charge in [-0.2, -0.15) is 0 Å². The topological polar surface area (TPSA) is 77.5 Å². The first-order chi connectivity index (χ1) is 12.1. The third kappa shape index (κ3) is 3.83. The van der Waals surface area contributed by atoms with E-state index in [0.29, 0.717) is 0 Å². The van der Waals surface area contributed by atoms with Gasteiger partial charge in [0.1, 0.15) is 0 Å². The van der Waals surface area contributed by atoms with Gasteiger partial charge in [-0.25, -0.2) is 13.1 Å². The van der Waals surface area contributed by atoms with Gasteiger partial charge >= 0.3 is 7.12 Å². The fraction of sp³-hybridized carbons (Fsp3) is 0.389. The largest absolute Gasteiger partial charge is 0.494 e. The fourth-order valence-electron chi connectivity index (χ4n) is 2.55. The van der Waals surface area contributed by atoms with E-state index in [1.807, 2.05) is 27.7 Å². The van der Waals surface area contributed by atoms with Crippen LogP contribution in [0.3, 0.4) is 0 Å². The summed E-state index contributed by atoms with van der Waals surface area (Å²) in [6.07, 6.45) is 3.26. The molecule has 138 valence electrons. The lowest BCUT2D eigenvalue weighted by molar-refractivity contribution is 0.00578. The summed E-state index contributed by atoms with van der Waals surface area (Å²) in [5.41, 5.74) is 0.761. The Morgan fingerprint density at radius 2 is 1.50 bits per heavy atom. The highest BCUT2D eigenvalue weighted by Gasteiger charge is 2.51. The van der Waals surface area contributed by atoms with Crippen molar-refractivity contribution in [2.24, 2.45) is 0 Å². The van der Waals surface area contributed by atoms with E-state index < -0.39 is 28.3 Å². The Balaban J connectivity index is 1.71. The van der Waals surface area contributed by atoms with Crippen LogP contribution in [0.4, 0.5) is 0 Å². The van der Waals surface area contributed by atoms with Crippen LogP contribution in [0.5, 0.6) is 0 Å². The van der Waals surface area contributed by atoms with Crippen molar-refractivity contribution >= 4 is 22.6 Å². The second-order valence-electron chi connectivity index (χ2n) is 7.34. The summed E-state index contributed by atoms with van der Waals surface area (Å²) in [6.45, 7) is 8.14. The van der Waals surface area contributed by atoms with Gasteiger partial charge in [-0.3, -0.25) is 4.98 Å². The van der Waals surface area contributed by atoms with Crippen LogP contribution in [0.25, 0.3) is 0 Å². The van der Waals surface area contributed by atoms with Gasteiger partial charge in [-0.05, 0) is 63.0 Å². The maximum Gasteiger partial charge on any atom is 0.494 e. The molecule has 1 N–H and O–H groups in total. The lowest BCUT2D eigenvalue weighted by Crippen LogP contribution is -2.41. The summed E-state index contributed by atoms with van der Waals surface area (Å²) in [5, 5.41) is 0. The van der Waals surface area contributed by atoms with Crippen molar-refractivity contribution in [3.63, 3.8) is 0 Å². The number of pyridine rings is 1. The highest BCUT2D eigenvalue weighted by atomic mass is 32.2. The Hall–Kier alpha value is -1.74. The van der Waals surface area contributed by atoms with Gasteiger partial charge in [0.05, 0.1) is 16.1 Å². The quantitative estimate of drug-likeness (QED) is 0.809. The Labute approximate surface area is 155 Å². The van der Waals surface area contributed by atoms with Crippen molar-refractivity contribution in [1.82, 2.24) is 9.71 Å². The molecule has 0 radical (unpaired) electrons. The Morgan fingerprint density at radius 1 is 0.962 bits per heavy atom. The summed E-state index contributed by atoms with van der Waals surface area (Å²) in [5.74, 6) is 0. The molecule has 2 heterocycles. The first-order valence-corrected chi connectivity index (χ1v) is 9.93. The predicted octanol–water partition coefficient (Wildman–Crippen LogP) is 1.86. The van der Waals surface area contributed by atoms with E-state index in [1.165, 1.54) is 0 Å². The summed E-state index contributed by atoms with van der Waals surface area (Å²) in [7, 11) is -4.11. The number of nitrogens with zero attached hydrogens (tertiary/aromatic N) is 1. The van der Waals surface area contributed by atoms with Crippen molar-refractivity contribution in [3.05, 3.63) is 54.4 Å². The molecular weight excluding hydrogens is 351 g/mol. The number of hydrogen-bond donors (Lipinski definition) is 1. The number of nitrogens with one attached hydrogen (secondary N) is 1. The Morgan fingerprint density at radius 3 is 2.04 bits per heavy atom. The van der Waals surface area contributed by atoms with E-state index in [9.17, 15) is 8.42 Å². The van der Waals surface area contributed by atoms with Gasteiger partial charge in [-0.1, -0.05) is 12.1 Å². The van der Waals surface area contributed by atoms with Gasteiger partial charge in [0, 0.05) is 18.9 Å². The van der Waals surface area contributed by atoms with E-state index >= 15 is 0 Å². The molecule has 0 saturated carbocycles. The van der Waals surface area contributed by atoms with Crippen molar-refractivity contribution in [1.29, 1.82) is 0 Å². The van der Waals surface area contributed by atoms with Crippen LogP contribution in [-0.4, -0.2) is 31.7 Å². The molecule has 0 atom stereocenters. The Kier molecular flexibility index (Phi) is 4.96. The van der Waals surface area contributed by atoms with Crippen molar-refractivity contribution < 1.29 is 17.7 Å². The number of sulfonamides is 1. The molecule has 0 aliphatic carbocycles. The number of benzene rings is 1. The van der Waals surface area contributed by atoms with Crippen LogP contribution in [-0.2, 0) is 25.9 Å². The number of aromatic nitrogens is 1. The molecule has 6 nitrogen and oxygen atoms in total. The molecule has 1 saturated heterocycles. The zero-order valence-electron chi connectivity index (χ0n) is 15.4. The van der Waals surface area contributed by atoms with Crippen molar-refractivity contribution in [3.8, 4) is 0 Å². The minimum atomic E-state index is -3.60. The minimum Gasteiger partial charge on any atom is -0.399 e. The summed E-state index contributed by atoms with van der Waals surface area (Å²) in [4.78, 5) is 4.12. The Bertz CT molecular complexity index is 852. The smallest absolute Gasteiger partial charge is 0.399 e. The molecule has 1 aliphatic rings. The van der Waals surface area contributed by atoms with E-state index in [4.69, 9.17) is 9.31 Å². The first kappa shape index (κ1) is 19.0. The molecule has 2 aromatic rings. The molecule has 26 heavy (non-hydrogen) atoms. The molecule has 1 aliphatic heterocycles. The van der Waals surface area contributed by atoms with Gasteiger partial charge in [-0.15, -0.1) is 0 Å². The second-order valence-corrected chi connectivity index (χ2v) is 9.10. The molecule has 1 fully saturated rings. The molecule has 0 amide bonds. The third-order valence-electron chi connectivity index (χ3n) is 4.93. The van der Waals surface area contributed by atoms with Crippen LogP contribution in [0, 0.1) is 0 Å². The monoisotopic (exact) mass is 374 g/mol. The zero-order chi connectivity index (χ0) is 19.0. The van der Waals surface area contributed by atoms with Crippen LogP contribution < -0.4 is 10.2 Å². The first-order valence-electron chi connectivity index (χ1n) is 8.45. The number of hydrogen-bond acceptors (Lipinski definition) is 5. The summed E-state index contributed by atoms with van der Waals surface area (Å²) in [6, 6.07) is 10.1. The van der Waals surface area contributed by atoms with Crippen LogP contribution in [0.2, 0.25) is 0 Å². The predicted molar refractivity (Wildman–Crippen MR) is 100 cm³/mol. The molecular formula is C18H23BN2O4S. The van der Waals surface area contributed by atoms with E-state index in [1.54, 1.807) is 48.8 Å². The van der Waals surface area contributed by atoms with E-state index in [2.05, 4.69) is 9.71 Å².